The number of hydrogen-bond acceptors (Lipinski definition) is 2. The van der Waals surface area contributed by atoms with E-state index in [4.69, 9.17) is 0 Å². The molecular weight excluding hydrogens is 372 g/mol. The van der Waals surface area contributed by atoms with Crippen LogP contribution in [-0.2, 0) is 0 Å². The van der Waals surface area contributed by atoms with Gasteiger partial charge in [0, 0.05) is 22.8 Å². The molecule has 0 unspecified atom stereocenters. The Morgan fingerprint density at radius 3 is 2.64 bits per heavy atom. The Labute approximate surface area is 158 Å². The highest BCUT2D eigenvalue weighted by Crippen LogP contribution is 2.38. The van der Waals surface area contributed by atoms with E-state index in [1.807, 2.05) is 30.3 Å². The van der Waals surface area contributed by atoms with Crippen LogP contribution in [0.4, 0.5) is 5.69 Å². The fourth-order valence-electron chi connectivity index (χ4n) is 3.27. The summed E-state index contributed by atoms with van der Waals surface area (Å²) in [4.78, 5) is 2.29. The molecule has 0 bridgehead atoms. The summed E-state index contributed by atoms with van der Waals surface area (Å²) in [7, 11) is 2.12. The molecule has 2 aromatic carbocycles. The van der Waals surface area contributed by atoms with Gasteiger partial charge in [-0.05, 0) is 67.8 Å². The predicted octanol–water partition coefficient (Wildman–Crippen LogP) is 6.14. The topological polar surface area (TPSA) is 27.0 Å². The van der Waals surface area contributed by atoms with E-state index < -0.39 is 0 Å². The lowest BCUT2D eigenvalue weighted by Gasteiger charge is -2.40. The van der Waals surface area contributed by atoms with Crippen LogP contribution < -0.4 is 4.90 Å². The lowest BCUT2D eigenvalue weighted by atomic mass is 9.88. The summed E-state index contributed by atoms with van der Waals surface area (Å²) in [5.41, 5.74) is 6.34. The molecule has 25 heavy (non-hydrogen) atoms. The van der Waals surface area contributed by atoms with Crippen molar-refractivity contribution in [3.63, 3.8) is 0 Å². The molecule has 1 aliphatic rings. The molecule has 3 heteroatoms. The number of nitrogens with zero attached hydrogens (tertiary/aromatic N) is 2. The van der Waals surface area contributed by atoms with Crippen LogP contribution >= 0.6 is 15.9 Å². The Bertz CT molecular complexity index is 929. The van der Waals surface area contributed by atoms with Crippen LogP contribution in [0.5, 0.6) is 0 Å². The van der Waals surface area contributed by atoms with E-state index >= 15 is 0 Å². The second kappa shape index (κ2) is 6.54. The number of hydrogen-bond donors (Lipinski definition) is 0. The fourth-order valence-corrected chi connectivity index (χ4v) is 3.67. The molecule has 0 aromatic heterocycles. The van der Waals surface area contributed by atoms with Crippen molar-refractivity contribution in [1.29, 1.82) is 5.26 Å². The van der Waals surface area contributed by atoms with Crippen molar-refractivity contribution < 1.29 is 0 Å². The monoisotopic (exact) mass is 392 g/mol. The number of allylic oxidation sites excluding steroid dienone is 2. The average molecular weight is 393 g/mol. The van der Waals surface area contributed by atoms with E-state index in [1.54, 1.807) is 0 Å². The van der Waals surface area contributed by atoms with Crippen LogP contribution in [0.15, 0.2) is 53.0 Å². The maximum absolute atomic E-state index is 9.58. The van der Waals surface area contributed by atoms with Gasteiger partial charge in [0.15, 0.2) is 0 Å². The molecule has 0 atom stereocenters. The molecular formula is C22H21BrN2. The molecule has 2 nitrogen and oxygen atoms in total. The van der Waals surface area contributed by atoms with Gasteiger partial charge < -0.3 is 4.90 Å². The molecule has 126 valence electrons. The highest BCUT2D eigenvalue weighted by Gasteiger charge is 2.28. The fraction of sp³-hybridized carbons (Fsp3) is 0.227. The molecule has 0 fully saturated rings. The van der Waals surface area contributed by atoms with Crippen molar-refractivity contribution in [2.45, 2.75) is 26.3 Å². The SMILES string of the molecule is CC1=CC(C)(C)N(C)c2ccc(/C=C(/C#N)c3cccc(Br)c3)cc21. The summed E-state index contributed by atoms with van der Waals surface area (Å²) >= 11 is 3.47. The van der Waals surface area contributed by atoms with Crippen molar-refractivity contribution >= 4 is 38.8 Å². The van der Waals surface area contributed by atoms with Crippen molar-refractivity contribution in [2.75, 3.05) is 11.9 Å². The molecule has 0 aliphatic carbocycles. The Morgan fingerprint density at radius 2 is 1.96 bits per heavy atom. The van der Waals surface area contributed by atoms with E-state index in [-0.39, 0.29) is 5.54 Å². The van der Waals surface area contributed by atoms with Crippen LogP contribution in [0.2, 0.25) is 0 Å². The Hall–Kier alpha value is -2.31. The van der Waals surface area contributed by atoms with Crippen molar-refractivity contribution in [1.82, 2.24) is 0 Å². The van der Waals surface area contributed by atoms with Gasteiger partial charge in [0.2, 0.25) is 0 Å². The molecule has 1 heterocycles. The van der Waals surface area contributed by atoms with Crippen LogP contribution in [0.3, 0.4) is 0 Å². The second-order valence-electron chi connectivity index (χ2n) is 7.00. The van der Waals surface area contributed by atoms with Crippen molar-refractivity contribution in [3.05, 3.63) is 69.7 Å². The number of halogens is 1. The first-order chi connectivity index (χ1) is 11.8. The zero-order valence-corrected chi connectivity index (χ0v) is 16.6. The molecule has 0 amide bonds. The molecule has 2 aromatic rings. The molecule has 0 saturated heterocycles. The lowest BCUT2D eigenvalue weighted by molar-refractivity contribution is 0.598. The average Bonchev–Trinajstić information content (AvgIpc) is 2.57. The third-order valence-electron chi connectivity index (χ3n) is 4.81. The number of anilines is 1. The summed E-state index contributed by atoms with van der Waals surface area (Å²) in [5.74, 6) is 0. The first-order valence-corrected chi connectivity index (χ1v) is 9.06. The Kier molecular flexibility index (Phi) is 4.58. The molecule has 1 aliphatic heterocycles. The third-order valence-corrected chi connectivity index (χ3v) is 5.30. The quantitative estimate of drug-likeness (QED) is 0.452. The first kappa shape index (κ1) is 17.5. The molecule has 3 rings (SSSR count). The number of nitriles is 1. The van der Waals surface area contributed by atoms with E-state index in [1.165, 1.54) is 16.8 Å². The third kappa shape index (κ3) is 3.41. The van der Waals surface area contributed by atoms with Gasteiger partial charge in [-0.25, -0.2) is 0 Å². The van der Waals surface area contributed by atoms with E-state index in [0.29, 0.717) is 5.57 Å². The highest BCUT2D eigenvalue weighted by molar-refractivity contribution is 9.10. The molecule has 0 radical (unpaired) electrons. The van der Waals surface area contributed by atoms with Crippen LogP contribution in [0, 0.1) is 11.3 Å². The van der Waals surface area contributed by atoms with Gasteiger partial charge in [-0.3, -0.25) is 0 Å². The number of fused-ring (bicyclic) bond motifs is 1. The minimum atomic E-state index is 0.00255. The highest BCUT2D eigenvalue weighted by atomic mass is 79.9. The van der Waals surface area contributed by atoms with Crippen molar-refractivity contribution in [2.24, 2.45) is 0 Å². The maximum atomic E-state index is 9.58. The molecule has 0 N–H and O–H groups in total. The largest absolute Gasteiger partial charge is 0.366 e. The van der Waals surface area contributed by atoms with Crippen LogP contribution in [0.1, 0.15) is 37.5 Å². The van der Waals surface area contributed by atoms with E-state index in [2.05, 4.69) is 79.0 Å². The minimum absolute atomic E-state index is 0.00255. The Morgan fingerprint density at radius 1 is 1.20 bits per heavy atom. The summed E-state index contributed by atoms with van der Waals surface area (Å²) < 4.78 is 0.972. The van der Waals surface area contributed by atoms with Crippen LogP contribution in [0.25, 0.3) is 17.2 Å². The summed E-state index contributed by atoms with van der Waals surface area (Å²) in [5, 5.41) is 9.58. The summed E-state index contributed by atoms with van der Waals surface area (Å²) in [6, 6.07) is 16.6. The van der Waals surface area contributed by atoms with E-state index in [9.17, 15) is 5.26 Å². The zero-order valence-electron chi connectivity index (χ0n) is 15.0. The van der Waals surface area contributed by atoms with Gasteiger partial charge >= 0.3 is 0 Å². The zero-order chi connectivity index (χ0) is 18.2. The normalized spacial score (nSPS) is 16.1. The summed E-state index contributed by atoms with van der Waals surface area (Å²) in [6.45, 7) is 6.59. The number of likely N-dealkylation sites (N-methyl/N-ethyl adjacent to an activating group) is 1. The predicted molar refractivity (Wildman–Crippen MR) is 110 cm³/mol. The lowest BCUT2D eigenvalue weighted by Crippen LogP contribution is -2.42. The van der Waals surface area contributed by atoms with Gasteiger partial charge in [0.05, 0.1) is 17.2 Å². The van der Waals surface area contributed by atoms with E-state index in [0.717, 1.165) is 15.6 Å². The Balaban J connectivity index is 2.06. The number of rotatable bonds is 2. The molecule has 0 saturated carbocycles. The molecule has 0 spiro atoms. The van der Waals surface area contributed by atoms with Crippen molar-refractivity contribution in [3.8, 4) is 6.07 Å². The second-order valence-corrected chi connectivity index (χ2v) is 7.91. The minimum Gasteiger partial charge on any atom is -0.366 e. The van der Waals surface area contributed by atoms with Gasteiger partial charge in [-0.1, -0.05) is 40.2 Å². The smallest absolute Gasteiger partial charge is 0.0998 e. The summed E-state index contributed by atoms with van der Waals surface area (Å²) in [6.07, 6.45) is 4.25. The van der Waals surface area contributed by atoms with Gasteiger partial charge in [0.1, 0.15) is 0 Å². The maximum Gasteiger partial charge on any atom is 0.0998 e. The van der Waals surface area contributed by atoms with Gasteiger partial charge in [-0.2, -0.15) is 5.26 Å². The number of benzene rings is 2. The van der Waals surface area contributed by atoms with Gasteiger partial charge in [-0.15, -0.1) is 0 Å². The standard InChI is InChI=1S/C22H21BrN2/c1-15-13-22(2,3)25(4)21-9-8-16(11-20(15)21)10-18(14-24)17-6-5-7-19(23)12-17/h5-13H,1-4H3/b18-10-. The van der Waals surface area contributed by atoms with Gasteiger partial charge in [0.25, 0.3) is 0 Å². The van der Waals surface area contributed by atoms with Crippen LogP contribution in [-0.4, -0.2) is 12.6 Å². The first-order valence-electron chi connectivity index (χ1n) is 8.27.